The van der Waals surface area contributed by atoms with Crippen LogP contribution in [0.5, 0.6) is 0 Å². The Morgan fingerprint density at radius 3 is 1.49 bits per heavy atom. The summed E-state index contributed by atoms with van der Waals surface area (Å²) < 4.78 is 0. The maximum absolute atomic E-state index is 12.3. The van der Waals surface area contributed by atoms with E-state index in [4.69, 9.17) is 0 Å². The van der Waals surface area contributed by atoms with Crippen molar-refractivity contribution in [2.24, 2.45) is 0 Å². The molecule has 0 rings (SSSR count). The SMILES string of the molecule is CCCC/C=C\CCCCCC(O)C(=O)NC(CO)C(O)/C=C/CCCCCCCCCCCCCCCCCC. The van der Waals surface area contributed by atoms with Crippen LogP contribution in [0.2, 0.25) is 0 Å². The van der Waals surface area contributed by atoms with Gasteiger partial charge in [0.1, 0.15) is 6.10 Å². The molecule has 0 aromatic heterocycles. The van der Waals surface area contributed by atoms with E-state index in [0.29, 0.717) is 6.42 Å². The molecule has 41 heavy (non-hydrogen) atoms. The van der Waals surface area contributed by atoms with E-state index >= 15 is 0 Å². The minimum Gasteiger partial charge on any atom is -0.394 e. The van der Waals surface area contributed by atoms with E-state index < -0.39 is 24.2 Å². The van der Waals surface area contributed by atoms with Gasteiger partial charge in [-0.3, -0.25) is 4.79 Å². The van der Waals surface area contributed by atoms with Gasteiger partial charge in [-0.2, -0.15) is 0 Å². The first-order chi connectivity index (χ1) is 20.1. The fraction of sp³-hybridized carbons (Fsp3) is 0.861. The molecule has 4 N–H and O–H groups in total. The maximum Gasteiger partial charge on any atom is 0.249 e. The summed E-state index contributed by atoms with van der Waals surface area (Å²) in [6, 6.07) is -0.799. The zero-order valence-corrected chi connectivity index (χ0v) is 27.2. The summed E-state index contributed by atoms with van der Waals surface area (Å²) in [5, 5.41) is 32.8. The van der Waals surface area contributed by atoms with Gasteiger partial charge in [0.15, 0.2) is 0 Å². The van der Waals surface area contributed by atoms with Crippen LogP contribution in [-0.4, -0.2) is 46.1 Å². The van der Waals surface area contributed by atoms with E-state index in [1.54, 1.807) is 6.08 Å². The summed E-state index contributed by atoms with van der Waals surface area (Å²) in [4.78, 5) is 12.3. The Kier molecular flexibility index (Phi) is 30.9. The van der Waals surface area contributed by atoms with Crippen molar-refractivity contribution >= 4 is 5.91 Å². The van der Waals surface area contributed by atoms with E-state index in [1.807, 2.05) is 6.08 Å². The lowest BCUT2D eigenvalue weighted by molar-refractivity contribution is -0.131. The van der Waals surface area contributed by atoms with Gasteiger partial charge in [0, 0.05) is 0 Å². The molecule has 0 radical (unpaired) electrons. The first kappa shape index (κ1) is 39.8. The molecule has 5 nitrogen and oxygen atoms in total. The highest BCUT2D eigenvalue weighted by Crippen LogP contribution is 2.14. The minimum atomic E-state index is -1.11. The lowest BCUT2D eigenvalue weighted by Crippen LogP contribution is -2.48. The Bertz CT molecular complexity index is 606. The van der Waals surface area contributed by atoms with Gasteiger partial charge < -0.3 is 20.6 Å². The van der Waals surface area contributed by atoms with Crippen LogP contribution in [0.3, 0.4) is 0 Å². The van der Waals surface area contributed by atoms with Crippen molar-refractivity contribution in [1.82, 2.24) is 5.32 Å². The third kappa shape index (κ3) is 27.4. The number of hydrogen-bond donors (Lipinski definition) is 4. The molecule has 0 fully saturated rings. The Balaban J connectivity index is 3.73. The highest BCUT2D eigenvalue weighted by molar-refractivity contribution is 5.80. The molecule has 0 saturated carbocycles. The second kappa shape index (κ2) is 31.8. The fourth-order valence-electron chi connectivity index (χ4n) is 5.16. The van der Waals surface area contributed by atoms with Crippen LogP contribution < -0.4 is 5.32 Å². The van der Waals surface area contributed by atoms with Crippen molar-refractivity contribution in [1.29, 1.82) is 0 Å². The molecule has 3 unspecified atom stereocenters. The van der Waals surface area contributed by atoms with Crippen molar-refractivity contribution in [3.8, 4) is 0 Å². The number of aliphatic hydroxyl groups is 3. The van der Waals surface area contributed by atoms with Crippen molar-refractivity contribution in [2.75, 3.05) is 6.61 Å². The maximum atomic E-state index is 12.3. The number of rotatable bonds is 31. The van der Waals surface area contributed by atoms with Crippen LogP contribution in [0, 0.1) is 0 Å². The number of aliphatic hydroxyl groups excluding tert-OH is 3. The number of nitrogens with one attached hydrogen (secondary N) is 1. The molecule has 0 bridgehead atoms. The van der Waals surface area contributed by atoms with Crippen molar-refractivity contribution in [3.63, 3.8) is 0 Å². The minimum absolute atomic E-state index is 0.368. The van der Waals surface area contributed by atoms with Gasteiger partial charge in [-0.1, -0.05) is 160 Å². The van der Waals surface area contributed by atoms with E-state index in [9.17, 15) is 20.1 Å². The predicted octanol–water partition coefficient (Wildman–Crippen LogP) is 9.09. The average molecular weight is 580 g/mol. The number of allylic oxidation sites excluding steroid dienone is 3. The second-order valence-corrected chi connectivity index (χ2v) is 12.1. The molecule has 0 aliphatic carbocycles. The van der Waals surface area contributed by atoms with E-state index in [-0.39, 0.29) is 6.61 Å². The van der Waals surface area contributed by atoms with Crippen LogP contribution in [0.15, 0.2) is 24.3 Å². The second-order valence-electron chi connectivity index (χ2n) is 12.1. The lowest BCUT2D eigenvalue weighted by atomic mass is 10.0. The summed E-state index contributed by atoms with van der Waals surface area (Å²) >= 11 is 0. The molecule has 242 valence electrons. The molecule has 0 aromatic carbocycles. The first-order valence-corrected chi connectivity index (χ1v) is 17.7. The summed E-state index contributed by atoms with van der Waals surface area (Å²) in [5.41, 5.74) is 0. The number of hydrogen-bond acceptors (Lipinski definition) is 4. The van der Waals surface area contributed by atoms with Gasteiger partial charge in [-0.05, 0) is 38.5 Å². The van der Waals surface area contributed by atoms with Gasteiger partial charge >= 0.3 is 0 Å². The summed E-state index contributed by atoms with van der Waals surface area (Å²) in [5.74, 6) is -0.520. The normalized spacial score (nSPS) is 14.2. The first-order valence-electron chi connectivity index (χ1n) is 17.7. The monoisotopic (exact) mass is 580 g/mol. The number of unbranched alkanes of at least 4 members (excludes halogenated alkanes) is 21. The largest absolute Gasteiger partial charge is 0.394 e. The van der Waals surface area contributed by atoms with E-state index in [0.717, 1.165) is 44.9 Å². The molecule has 1 amide bonds. The van der Waals surface area contributed by atoms with Crippen molar-refractivity contribution in [3.05, 3.63) is 24.3 Å². The Morgan fingerprint density at radius 2 is 1.00 bits per heavy atom. The highest BCUT2D eigenvalue weighted by Gasteiger charge is 2.22. The third-order valence-corrected chi connectivity index (χ3v) is 8.04. The summed E-state index contributed by atoms with van der Waals surface area (Å²) in [6.45, 7) is 4.10. The number of carbonyl (C=O) groups is 1. The third-order valence-electron chi connectivity index (χ3n) is 8.04. The van der Waals surface area contributed by atoms with Gasteiger partial charge in [-0.15, -0.1) is 0 Å². The fourth-order valence-corrected chi connectivity index (χ4v) is 5.16. The van der Waals surface area contributed by atoms with E-state index in [1.165, 1.54) is 109 Å². The highest BCUT2D eigenvalue weighted by atomic mass is 16.3. The van der Waals surface area contributed by atoms with Crippen LogP contribution in [0.25, 0.3) is 0 Å². The Labute approximate surface area is 254 Å². The zero-order chi connectivity index (χ0) is 30.2. The van der Waals surface area contributed by atoms with Gasteiger partial charge in [0.05, 0.1) is 18.8 Å². The van der Waals surface area contributed by atoms with Crippen molar-refractivity contribution < 1.29 is 20.1 Å². The lowest BCUT2D eigenvalue weighted by Gasteiger charge is -2.21. The predicted molar refractivity (Wildman–Crippen MR) is 176 cm³/mol. The average Bonchev–Trinajstić information content (AvgIpc) is 2.98. The van der Waals surface area contributed by atoms with Crippen LogP contribution >= 0.6 is 0 Å². The molecule has 0 aromatic rings. The molecule has 5 heteroatoms. The molecular weight excluding hydrogens is 510 g/mol. The van der Waals surface area contributed by atoms with Crippen LogP contribution in [-0.2, 0) is 4.79 Å². The van der Waals surface area contributed by atoms with Crippen LogP contribution in [0.4, 0.5) is 0 Å². The standard InChI is InChI=1S/C36H69NO4/c1-3-5-7-9-11-13-14-15-16-17-18-19-20-21-23-24-26-28-30-34(39)33(32-38)37-36(41)35(40)31-29-27-25-22-12-10-8-6-4-2/h10,12,28,30,33-35,38-40H,3-9,11,13-27,29,31-32H2,1-2H3,(H,37,41)/b12-10-,30-28+. The van der Waals surface area contributed by atoms with Crippen LogP contribution in [0.1, 0.15) is 174 Å². The van der Waals surface area contributed by atoms with E-state index in [2.05, 4.69) is 31.3 Å². The molecule has 3 atom stereocenters. The molecular formula is C36H69NO4. The summed E-state index contributed by atoms with van der Waals surface area (Å²) in [6.07, 6.45) is 36.3. The quantitative estimate of drug-likeness (QED) is 0.0487. The smallest absolute Gasteiger partial charge is 0.249 e. The molecule has 0 aliphatic rings. The molecule has 0 heterocycles. The van der Waals surface area contributed by atoms with Gasteiger partial charge in [-0.25, -0.2) is 0 Å². The molecule has 0 spiro atoms. The Hall–Kier alpha value is -1.17. The summed E-state index contributed by atoms with van der Waals surface area (Å²) in [7, 11) is 0. The number of amides is 1. The zero-order valence-electron chi connectivity index (χ0n) is 27.2. The Morgan fingerprint density at radius 1 is 0.585 bits per heavy atom. The van der Waals surface area contributed by atoms with Gasteiger partial charge in [0.2, 0.25) is 5.91 Å². The van der Waals surface area contributed by atoms with Gasteiger partial charge in [0.25, 0.3) is 0 Å². The number of carbonyl (C=O) groups excluding carboxylic acids is 1. The molecule has 0 aliphatic heterocycles. The molecule has 0 saturated heterocycles. The topological polar surface area (TPSA) is 89.8 Å². The van der Waals surface area contributed by atoms with Crippen molar-refractivity contribution in [2.45, 2.75) is 193 Å².